The smallest absolute Gasteiger partial charge is 0.0922 e. The minimum Gasteiger partial charge on any atom is -0.314 e. The Morgan fingerprint density at radius 3 is 1.30 bits per heavy atom. The number of rotatable bonds is 3. The number of halogens is 3. The predicted octanol–water partition coefficient (Wildman–Crippen LogP) is 5.67. The van der Waals surface area contributed by atoms with Crippen LogP contribution < -0.4 is 5.73 Å². The minimum atomic E-state index is -0.754. The fourth-order valence-corrected chi connectivity index (χ4v) is 2.88. The SMILES string of the molecule is Cl.NC(c1ccccc1)(c1ccc(Cl)cc1)c1ccc(Cl)cc1. The van der Waals surface area contributed by atoms with Crippen molar-refractivity contribution in [1.82, 2.24) is 0 Å². The van der Waals surface area contributed by atoms with Crippen molar-refractivity contribution in [2.75, 3.05) is 0 Å². The molecule has 4 heteroatoms. The van der Waals surface area contributed by atoms with Crippen LogP contribution >= 0.6 is 35.6 Å². The van der Waals surface area contributed by atoms with Crippen molar-refractivity contribution in [1.29, 1.82) is 0 Å². The van der Waals surface area contributed by atoms with Crippen LogP contribution in [0.5, 0.6) is 0 Å². The maximum atomic E-state index is 6.88. The minimum absolute atomic E-state index is 0. The second-order valence-corrected chi connectivity index (χ2v) is 6.06. The molecule has 0 spiro atoms. The summed E-state index contributed by atoms with van der Waals surface area (Å²) in [5.74, 6) is 0. The van der Waals surface area contributed by atoms with E-state index < -0.39 is 5.54 Å². The molecule has 0 saturated heterocycles. The zero-order valence-corrected chi connectivity index (χ0v) is 14.6. The van der Waals surface area contributed by atoms with Gasteiger partial charge >= 0.3 is 0 Å². The van der Waals surface area contributed by atoms with Crippen molar-refractivity contribution in [3.05, 3.63) is 106 Å². The van der Waals surface area contributed by atoms with Gasteiger partial charge in [-0.05, 0) is 41.0 Å². The maximum absolute atomic E-state index is 6.88. The monoisotopic (exact) mass is 363 g/mol. The maximum Gasteiger partial charge on any atom is 0.0922 e. The van der Waals surface area contributed by atoms with Gasteiger partial charge in [0.1, 0.15) is 0 Å². The Bertz CT molecular complexity index is 707. The van der Waals surface area contributed by atoms with Crippen LogP contribution in [-0.2, 0) is 5.54 Å². The topological polar surface area (TPSA) is 26.0 Å². The standard InChI is InChI=1S/C19H15Cl2N.ClH/c20-17-10-6-15(7-11-17)19(22,14-4-2-1-3-5-14)16-8-12-18(21)13-9-16;/h1-13H,22H2;1H. The van der Waals surface area contributed by atoms with E-state index in [1.54, 1.807) is 0 Å². The number of nitrogens with two attached hydrogens (primary N) is 1. The highest BCUT2D eigenvalue weighted by molar-refractivity contribution is 6.30. The molecule has 118 valence electrons. The van der Waals surface area contributed by atoms with Crippen molar-refractivity contribution < 1.29 is 0 Å². The van der Waals surface area contributed by atoms with Crippen molar-refractivity contribution in [3.63, 3.8) is 0 Å². The summed E-state index contributed by atoms with van der Waals surface area (Å²) in [4.78, 5) is 0. The van der Waals surface area contributed by atoms with Gasteiger partial charge < -0.3 is 5.73 Å². The quantitative estimate of drug-likeness (QED) is 0.596. The highest BCUT2D eigenvalue weighted by atomic mass is 35.5. The molecule has 0 fully saturated rings. The van der Waals surface area contributed by atoms with Gasteiger partial charge in [-0.25, -0.2) is 0 Å². The van der Waals surface area contributed by atoms with Gasteiger partial charge in [0.2, 0.25) is 0 Å². The third kappa shape index (κ3) is 3.54. The van der Waals surface area contributed by atoms with Crippen LogP contribution in [0.25, 0.3) is 0 Å². The summed E-state index contributed by atoms with van der Waals surface area (Å²) >= 11 is 12.0. The average molecular weight is 365 g/mol. The van der Waals surface area contributed by atoms with Crippen molar-refractivity contribution in [3.8, 4) is 0 Å². The van der Waals surface area contributed by atoms with Gasteiger partial charge in [0.25, 0.3) is 0 Å². The molecule has 0 unspecified atom stereocenters. The van der Waals surface area contributed by atoms with Gasteiger partial charge in [-0.2, -0.15) is 0 Å². The molecule has 0 aliphatic carbocycles. The molecule has 3 aromatic rings. The van der Waals surface area contributed by atoms with Crippen LogP contribution in [0.4, 0.5) is 0 Å². The second kappa shape index (κ2) is 7.37. The molecule has 0 radical (unpaired) electrons. The van der Waals surface area contributed by atoms with Crippen LogP contribution in [0, 0.1) is 0 Å². The number of hydrogen-bond acceptors (Lipinski definition) is 1. The molecular formula is C19H16Cl3N. The molecule has 0 aliphatic heterocycles. The van der Waals surface area contributed by atoms with E-state index in [-0.39, 0.29) is 12.4 Å². The van der Waals surface area contributed by atoms with Gasteiger partial charge in [0.05, 0.1) is 5.54 Å². The molecule has 0 aromatic heterocycles. The van der Waals surface area contributed by atoms with E-state index in [1.807, 2.05) is 78.9 Å². The lowest BCUT2D eigenvalue weighted by Gasteiger charge is -2.31. The molecule has 1 nitrogen and oxygen atoms in total. The fourth-order valence-electron chi connectivity index (χ4n) is 2.63. The second-order valence-electron chi connectivity index (χ2n) is 5.19. The first-order valence-electron chi connectivity index (χ1n) is 6.97. The van der Waals surface area contributed by atoms with E-state index in [2.05, 4.69) is 0 Å². The van der Waals surface area contributed by atoms with E-state index in [9.17, 15) is 0 Å². The van der Waals surface area contributed by atoms with E-state index >= 15 is 0 Å². The first-order valence-corrected chi connectivity index (χ1v) is 7.73. The van der Waals surface area contributed by atoms with Crippen LogP contribution in [0.1, 0.15) is 16.7 Å². The molecule has 0 saturated carbocycles. The van der Waals surface area contributed by atoms with E-state index in [4.69, 9.17) is 28.9 Å². The van der Waals surface area contributed by atoms with E-state index in [0.717, 1.165) is 16.7 Å². The molecule has 0 atom stereocenters. The Hall–Kier alpha value is -1.51. The third-order valence-electron chi connectivity index (χ3n) is 3.83. The highest BCUT2D eigenvalue weighted by Gasteiger charge is 2.31. The van der Waals surface area contributed by atoms with Gasteiger partial charge in [-0.1, -0.05) is 77.8 Å². The summed E-state index contributed by atoms with van der Waals surface area (Å²) in [5.41, 5.74) is 9.09. The lowest BCUT2D eigenvalue weighted by Crippen LogP contribution is -2.39. The highest BCUT2D eigenvalue weighted by Crippen LogP contribution is 2.35. The summed E-state index contributed by atoms with van der Waals surface area (Å²) in [7, 11) is 0. The van der Waals surface area contributed by atoms with Crippen LogP contribution in [0.15, 0.2) is 78.9 Å². The van der Waals surface area contributed by atoms with Crippen LogP contribution in [-0.4, -0.2) is 0 Å². The van der Waals surface area contributed by atoms with Gasteiger partial charge in [-0.3, -0.25) is 0 Å². The summed E-state index contributed by atoms with van der Waals surface area (Å²) in [6.07, 6.45) is 0. The molecular weight excluding hydrogens is 349 g/mol. The first-order chi connectivity index (χ1) is 10.6. The summed E-state index contributed by atoms with van der Waals surface area (Å²) < 4.78 is 0. The Balaban J connectivity index is 0.00000192. The Morgan fingerprint density at radius 2 is 0.913 bits per heavy atom. The van der Waals surface area contributed by atoms with Crippen molar-refractivity contribution in [2.45, 2.75) is 5.54 Å². The summed E-state index contributed by atoms with van der Waals surface area (Å²) in [5, 5.41) is 1.38. The average Bonchev–Trinajstić information content (AvgIpc) is 2.56. The fraction of sp³-hybridized carbons (Fsp3) is 0.0526. The Kier molecular flexibility index (Phi) is 5.72. The van der Waals surface area contributed by atoms with Crippen molar-refractivity contribution in [2.24, 2.45) is 5.73 Å². The van der Waals surface area contributed by atoms with Gasteiger partial charge in [0.15, 0.2) is 0 Å². The normalized spacial score (nSPS) is 10.9. The third-order valence-corrected chi connectivity index (χ3v) is 4.33. The van der Waals surface area contributed by atoms with E-state index in [1.165, 1.54) is 0 Å². The Morgan fingerprint density at radius 1 is 0.565 bits per heavy atom. The molecule has 0 amide bonds. The number of benzene rings is 3. The van der Waals surface area contributed by atoms with Crippen molar-refractivity contribution >= 4 is 35.6 Å². The number of hydrogen-bond donors (Lipinski definition) is 1. The van der Waals surface area contributed by atoms with Crippen LogP contribution in [0.3, 0.4) is 0 Å². The lowest BCUT2D eigenvalue weighted by atomic mass is 9.78. The van der Waals surface area contributed by atoms with Gasteiger partial charge in [0, 0.05) is 10.0 Å². The summed E-state index contributed by atoms with van der Waals surface area (Å²) in [6, 6.07) is 25.3. The van der Waals surface area contributed by atoms with Crippen LogP contribution in [0.2, 0.25) is 10.0 Å². The molecule has 0 aliphatic rings. The first kappa shape index (κ1) is 17.8. The zero-order valence-electron chi connectivity index (χ0n) is 12.2. The molecule has 0 bridgehead atoms. The molecule has 3 aromatic carbocycles. The van der Waals surface area contributed by atoms with Gasteiger partial charge in [-0.15, -0.1) is 12.4 Å². The largest absolute Gasteiger partial charge is 0.314 e. The predicted molar refractivity (Wildman–Crippen MR) is 101 cm³/mol. The molecule has 2 N–H and O–H groups in total. The lowest BCUT2D eigenvalue weighted by molar-refractivity contribution is 0.653. The molecule has 23 heavy (non-hydrogen) atoms. The van der Waals surface area contributed by atoms with E-state index in [0.29, 0.717) is 10.0 Å². The zero-order chi connectivity index (χ0) is 15.6. The molecule has 3 rings (SSSR count). The summed E-state index contributed by atoms with van der Waals surface area (Å²) in [6.45, 7) is 0. The Labute approximate surface area is 152 Å². The molecule has 0 heterocycles.